The van der Waals surface area contributed by atoms with Crippen LogP contribution in [0.4, 0.5) is 4.39 Å². The van der Waals surface area contributed by atoms with Gasteiger partial charge < -0.3 is 14.4 Å². The predicted octanol–water partition coefficient (Wildman–Crippen LogP) is 6.75. The maximum absolute atomic E-state index is 14.2. The standard InChI is InChI=1S/C33H29BrFN3O4/c1-21(37(17-16-22-10-5-4-6-11-22)32(39)23-12-9-13-24(35)18-23)31-36-27-15-8-7-14-26(27)33(40)38(31)28-19-25(41-2)20-29(42-3)30(28)34/h4-15,18-21H,16-17H2,1-3H3. The number of hydrogen-bond acceptors (Lipinski definition) is 5. The van der Waals surface area contributed by atoms with E-state index in [0.717, 1.165) is 5.56 Å². The first-order valence-electron chi connectivity index (χ1n) is 13.4. The van der Waals surface area contributed by atoms with Gasteiger partial charge in [0.15, 0.2) is 0 Å². The summed E-state index contributed by atoms with van der Waals surface area (Å²) in [4.78, 5) is 34.7. The maximum atomic E-state index is 14.2. The van der Waals surface area contributed by atoms with Crippen molar-refractivity contribution < 1.29 is 18.7 Å². The lowest BCUT2D eigenvalue weighted by Crippen LogP contribution is -2.38. The Morgan fingerprint density at radius 2 is 1.71 bits per heavy atom. The molecule has 1 amide bonds. The summed E-state index contributed by atoms with van der Waals surface area (Å²) in [5, 5.41) is 0.412. The first-order chi connectivity index (χ1) is 20.3. The molecule has 0 spiro atoms. The number of nitrogens with zero attached hydrogens (tertiary/aromatic N) is 3. The molecule has 4 aromatic carbocycles. The van der Waals surface area contributed by atoms with Crippen LogP contribution in [0.3, 0.4) is 0 Å². The van der Waals surface area contributed by atoms with Gasteiger partial charge in [-0.1, -0.05) is 48.5 Å². The Balaban J connectivity index is 1.72. The lowest BCUT2D eigenvalue weighted by molar-refractivity contribution is 0.0683. The van der Waals surface area contributed by atoms with Gasteiger partial charge in [0, 0.05) is 24.2 Å². The molecule has 0 aliphatic carbocycles. The molecule has 0 saturated carbocycles. The van der Waals surface area contributed by atoms with Crippen LogP contribution in [-0.2, 0) is 6.42 Å². The molecular weight excluding hydrogens is 601 g/mol. The fourth-order valence-electron chi connectivity index (χ4n) is 4.94. The van der Waals surface area contributed by atoms with Gasteiger partial charge in [0.1, 0.15) is 23.1 Å². The molecule has 5 aromatic rings. The second kappa shape index (κ2) is 12.6. The van der Waals surface area contributed by atoms with Crippen molar-refractivity contribution in [2.75, 3.05) is 20.8 Å². The Morgan fingerprint density at radius 3 is 2.43 bits per heavy atom. The quantitative estimate of drug-likeness (QED) is 0.180. The normalized spacial score (nSPS) is 11.7. The lowest BCUT2D eigenvalue weighted by atomic mass is 10.1. The lowest BCUT2D eigenvalue weighted by Gasteiger charge is -2.31. The molecule has 42 heavy (non-hydrogen) atoms. The van der Waals surface area contributed by atoms with Crippen LogP contribution in [-0.4, -0.2) is 41.1 Å². The van der Waals surface area contributed by atoms with Crippen molar-refractivity contribution >= 4 is 32.7 Å². The maximum Gasteiger partial charge on any atom is 0.266 e. The van der Waals surface area contributed by atoms with Crippen LogP contribution in [0.15, 0.2) is 100 Å². The molecular formula is C33H29BrFN3O4. The minimum Gasteiger partial charge on any atom is -0.497 e. The molecule has 0 fully saturated rings. The largest absolute Gasteiger partial charge is 0.497 e. The van der Waals surface area contributed by atoms with Crippen LogP contribution in [0.1, 0.15) is 34.7 Å². The topological polar surface area (TPSA) is 73.7 Å². The third kappa shape index (κ3) is 5.78. The van der Waals surface area contributed by atoms with Gasteiger partial charge in [0.2, 0.25) is 0 Å². The molecule has 1 atom stereocenters. The van der Waals surface area contributed by atoms with E-state index >= 15 is 0 Å². The van der Waals surface area contributed by atoms with Crippen LogP contribution < -0.4 is 15.0 Å². The minimum absolute atomic E-state index is 0.203. The first kappa shape index (κ1) is 29.0. The average molecular weight is 631 g/mol. The monoisotopic (exact) mass is 629 g/mol. The molecule has 0 aliphatic rings. The number of methoxy groups -OCH3 is 2. The van der Waals surface area contributed by atoms with Crippen molar-refractivity contribution in [2.45, 2.75) is 19.4 Å². The van der Waals surface area contributed by atoms with Crippen LogP contribution in [0.5, 0.6) is 11.5 Å². The molecule has 5 rings (SSSR count). The zero-order valence-corrected chi connectivity index (χ0v) is 25.0. The third-order valence-corrected chi connectivity index (χ3v) is 7.95. The number of benzene rings is 4. The highest BCUT2D eigenvalue weighted by Crippen LogP contribution is 2.37. The van der Waals surface area contributed by atoms with Crippen molar-refractivity contribution in [3.05, 3.63) is 129 Å². The van der Waals surface area contributed by atoms with E-state index in [1.807, 2.05) is 43.3 Å². The van der Waals surface area contributed by atoms with E-state index in [1.165, 1.54) is 37.0 Å². The number of amides is 1. The van der Waals surface area contributed by atoms with E-state index in [9.17, 15) is 14.0 Å². The van der Waals surface area contributed by atoms with Gasteiger partial charge in [0.05, 0.1) is 41.3 Å². The number of para-hydroxylation sites is 1. The summed E-state index contributed by atoms with van der Waals surface area (Å²) >= 11 is 3.60. The van der Waals surface area contributed by atoms with Crippen molar-refractivity contribution in [1.82, 2.24) is 14.5 Å². The van der Waals surface area contributed by atoms with Crippen molar-refractivity contribution in [1.29, 1.82) is 0 Å². The number of aromatic nitrogens is 2. The van der Waals surface area contributed by atoms with Crippen molar-refractivity contribution in [3.8, 4) is 17.2 Å². The molecule has 214 valence electrons. The van der Waals surface area contributed by atoms with Crippen LogP contribution >= 0.6 is 15.9 Å². The van der Waals surface area contributed by atoms with E-state index in [-0.39, 0.29) is 17.0 Å². The van der Waals surface area contributed by atoms with Crippen molar-refractivity contribution in [2.24, 2.45) is 0 Å². The van der Waals surface area contributed by atoms with Gasteiger partial charge in [-0.15, -0.1) is 0 Å². The van der Waals surface area contributed by atoms with Crippen LogP contribution in [0.25, 0.3) is 16.6 Å². The summed E-state index contributed by atoms with van der Waals surface area (Å²) in [5.41, 5.74) is 1.85. The van der Waals surface area contributed by atoms with Gasteiger partial charge in [-0.2, -0.15) is 0 Å². The summed E-state index contributed by atoms with van der Waals surface area (Å²) in [7, 11) is 3.05. The molecule has 1 aromatic heterocycles. The van der Waals surface area contributed by atoms with E-state index in [2.05, 4.69) is 15.9 Å². The van der Waals surface area contributed by atoms with Crippen LogP contribution in [0.2, 0.25) is 0 Å². The number of rotatable bonds is 9. The van der Waals surface area contributed by atoms with E-state index < -0.39 is 11.9 Å². The number of ether oxygens (including phenoxy) is 2. The van der Waals surface area contributed by atoms with Gasteiger partial charge in [-0.3, -0.25) is 14.2 Å². The number of fused-ring (bicyclic) bond motifs is 1. The van der Waals surface area contributed by atoms with Gasteiger partial charge in [-0.05, 0) is 65.2 Å². The third-order valence-electron chi connectivity index (χ3n) is 7.15. The second-order valence-corrected chi connectivity index (χ2v) is 10.5. The highest BCUT2D eigenvalue weighted by Gasteiger charge is 2.29. The molecule has 0 radical (unpaired) electrons. The molecule has 1 unspecified atom stereocenters. The Labute approximate surface area is 251 Å². The minimum atomic E-state index is -0.703. The molecule has 0 bridgehead atoms. The van der Waals surface area contributed by atoms with E-state index in [0.29, 0.717) is 51.4 Å². The Bertz CT molecular complexity index is 1810. The fourth-order valence-corrected chi connectivity index (χ4v) is 5.51. The molecule has 0 aliphatic heterocycles. The van der Waals surface area contributed by atoms with Crippen molar-refractivity contribution in [3.63, 3.8) is 0 Å². The summed E-state index contributed by atoms with van der Waals surface area (Å²) in [6.45, 7) is 2.12. The number of carbonyl (C=O) groups is 1. The zero-order valence-electron chi connectivity index (χ0n) is 23.4. The molecule has 9 heteroatoms. The highest BCUT2D eigenvalue weighted by molar-refractivity contribution is 9.10. The summed E-state index contributed by atoms with van der Waals surface area (Å²) in [6.07, 6.45) is 0.542. The average Bonchev–Trinajstić information content (AvgIpc) is 3.01. The SMILES string of the molecule is COc1cc(OC)c(Br)c(-n2c(C(C)N(CCc3ccccc3)C(=O)c3cccc(F)c3)nc3ccccc3c2=O)c1. The fraction of sp³-hybridized carbons (Fsp3) is 0.182. The number of halogens is 2. The highest BCUT2D eigenvalue weighted by atomic mass is 79.9. The number of carbonyl (C=O) groups excluding carboxylic acids is 1. The Morgan fingerprint density at radius 1 is 0.976 bits per heavy atom. The van der Waals surface area contributed by atoms with E-state index in [1.54, 1.807) is 41.3 Å². The second-order valence-electron chi connectivity index (χ2n) is 9.71. The smallest absolute Gasteiger partial charge is 0.266 e. The van der Waals surface area contributed by atoms with Gasteiger partial charge in [0.25, 0.3) is 11.5 Å². The number of hydrogen-bond donors (Lipinski definition) is 0. The molecule has 7 nitrogen and oxygen atoms in total. The molecule has 1 heterocycles. The summed E-state index contributed by atoms with van der Waals surface area (Å²) < 4.78 is 27.3. The zero-order chi connectivity index (χ0) is 29.8. The summed E-state index contributed by atoms with van der Waals surface area (Å²) in [6, 6.07) is 25.2. The van der Waals surface area contributed by atoms with E-state index in [4.69, 9.17) is 14.5 Å². The van der Waals surface area contributed by atoms with Gasteiger partial charge in [-0.25, -0.2) is 9.37 Å². The van der Waals surface area contributed by atoms with Crippen LogP contribution in [0, 0.1) is 5.82 Å². The first-order valence-corrected chi connectivity index (χ1v) is 14.2. The summed E-state index contributed by atoms with van der Waals surface area (Å²) in [5.74, 6) is 0.367. The molecule has 0 saturated heterocycles. The predicted molar refractivity (Wildman–Crippen MR) is 164 cm³/mol. The molecule has 0 N–H and O–H groups in total. The van der Waals surface area contributed by atoms with Gasteiger partial charge >= 0.3 is 0 Å². The Kier molecular flexibility index (Phi) is 8.68. The Hall–Kier alpha value is -4.50.